The third kappa shape index (κ3) is 11.9. The number of nitrogens with one attached hydrogen (secondary N) is 4. The summed E-state index contributed by atoms with van der Waals surface area (Å²) in [7, 11) is 0. The maximum atomic E-state index is 13.1. The first-order chi connectivity index (χ1) is 19.4. The highest BCUT2D eigenvalue weighted by atomic mass is 35.5. The lowest BCUT2D eigenvalue weighted by molar-refractivity contribution is -0.130. The quantitative estimate of drug-likeness (QED) is 0.0756. The van der Waals surface area contributed by atoms with E-state index in [4.69, 9.17) is 34.7 Å². The summed E-state index contributed by atoms with van der Waals surface area (Å²) in [4.78, 5) is 59.6. The van der Waals surface area contributed by atoms with Crippen molar-refractivity contribution < 1.29 is 19.2 Å². The fourth-order valence-corrected chi connectivity index (χ4v) is 4.64. The lowest BCUT2D eigenvalue weighted by atomic mass is 10.0. The van der Waals surface area contributed by atoms with Crippen LogP contribution in [0.5, 0.6) is 0 Å². The minimum Gasteiger partial charge on any atom is -0.370 e. The van der Waals surface area contributed by atoms with Gasteiger partial charge in [-0.05, 0) is 49.8 Å². The standard InChI is InChI=1S/C26H36Cl2N8O4S/c1-14(2)11-20(36-26(40)33-13-16-6-7-17(27)18(28)12-16)23(39)34-15(3)22(38)35-19(5-4-8-32-25(29)30)21(37)24-31-9-10-41-24/h6-7,9-10,12,14-15,19-20H,4-5,8,11,13H2,1-3H3,(H,34,39)(H,35,38)(H4,29,30,32)(H2,33,36,40)/t15-,19-,20-/m0/s1. The van der Waals surface area contributed by atoms with Crippen LogP contribution in [0.2, 0.25) is 10.0 Å². The molecule has 0 fully saturated rings. The Morgan fingerprint density at radius 3 is 2.34 bits per heavy atom. The molecule has 224 valence electrons. The van der Waals surface area contributed by atoms with Gasteiger partial charge in [0, 0.05) is 24.7 Å². The molecule has 0 aliphatic carbocycles. The number of carbonyl (C=O) groups excluding carboxylic acids is 4. The maximum absolute atomic E-state index is 13.1. The van der Waals surface area contributed by atoms with E-state index >= 15 is 0 Å². The van der Waals surface area contributed by atoms with Crippen molar-refractivity contribution in [1.82, 2.24) is 26.3 Å². The third-order valence-electron chi connectivity index (χ3n) is 5.74. The molecule has 0 aliphatic rings. The van der Waals surface area contributed by atoms with Gasteiger partial charge >= 0.3 is 6.03 Å². The summed E-state index contributed by atoms with van der Waals surface area (Å²) in [6.07, 6.45) is 2.52. The molecular weight excluding hydrogens is 591 g/mol. The number of aromatic nitrogens is 1. The van der Waals surface area contributed by atoms with Gasteiger partial charge < -0.3 is 32.7 Å². The smallest absolute Gasteiger partial charge is 0.315 e. The molecule has 8 N–H and O–H groups in total. The van der Waals surface area contributed by atoms with Crippen LogP contribution < -0.4 is 32.7 Å². The first kappa shape index (κ1) is 33.8. The number of guanidine groups is 1. The number of ketones is 1. The molecule has 4 amide bonds. The SMILES string of the molecule is CC(C)C[C@H](NC(=O)NCc1ccc(Cl)c(Cl)c1)C(=O)N[C@@H](C)C(=O)N[C@@H](CCCN=C(N)N)C(=O)c1nccs1. The van der Waals surface area contributed by atoms with Crippen molar-refractivity contribution in [1.29, 1.82) is 0 Å². The number of nitrogens with zero attached hydrogens (tertiary/aromatic N) is 2. The van der Waals surface area contributed by atoms with E-state index in [0.717, 1.165) is 16.9 Å². The van der Waals surface area contributed by atoms with Gasteiger partial charge in [0.05, 0.1) is 16.1 Å². The van der Waals surface area contributed by atoms with Crippen LogP contribution in [0.15, 0.2) is 34.8 Å². The molecule has 1 aromatic carbocycles. The number of rotatable bonds is 15. The zero-order valence-electron chi connectivity index (χ0n) is 23.1. The minimum atomic E-state index is -0.998. The van der Waals surface area contributed by atoms with Crippen molar-refractivity contribution in [2.24, 2.45) is 22.4 Å². The van der Waals surface area contributed by atoms with Crippen molar-refractivity contribution in [2.75, 3.05) is 6.54 Å². The number of benzene rings is 1. The summed E-state index contributed by atoms with van der Waals surface area (Å²) >= 11 is 13.1. The highest BCUT2D eigenvalue weighted by Crippen LogP contribution is 2.22. The average molecular weight is 628 g/mol. The molecule has 0 saturated heterocycles. The molecule has 15 heteroatoms. The molecule has 41 heavy (non-hydrogen) atoms. The fraction of sp³-hybridized carbons (Fsp3) is 0.462. The minimum absolute atomic E-state index is 0.0655. The van der Waals surface area contributed by atoms with Crippen LogP contribution in [0.25, 0.3) is 0 Å². The summed E-state index contributed by atoms with van der Waals surface area (Å²) in [6, 6.07) is 1.62. The highest BCUT2D eigenvalue weighted by molar-refractivity contribution is 7.11. The number of hydrogen-bond donors (Lipinski definition) is 6. The van der Waals surface area contributed by atoms with E-state index in [9.17, 15) is 19.2 Å². The zero-order valence-corrected chi connectivity index (χ0v) is 25.4. The second kappa shape index (κ2) is 16.7. The lowest BCUT2D eigenvalue weighted by Crippen LogP contribution is -2.56. The van der Waals surface area contributed by atoms with Crippen LogP contribution in [0, 0.1) is 5.92 Å². The summed E-state index contributed by atoms with van der Waals surface area (Å²) in [6.45, 7) is 5.75. The van der Waals surface area contributed by atoms with E-state index in [1.165, 1.54) is 13.1 Å². The molecule has 2 rings (SSSR count). The topological polar surface area (TPSA) is 194 Å². The van der Waals surface area contributed by atoms with Gasteiger partial charge in [-0.15, -0.1) is 11.3 Å². The molecule has 2 aromatic rings. The molecule has 1 aromatic heterocycles. The van der Waals surface area contributed by atoms with Gasteiger partial charge in [-0.1, -0.05) is 43.1 Å². The maximum Gasteiger partial charge on any atom is 0.315 e. The van der Waals surface area contributed by atoms with Crippen LogP contribution in [-0.4, -0.2) is 59.2 Å². The largest absolute Gasteiger partial charge is 0.370 e. The van der Waals surface area contributed by atoms with Gasteiger partial charge in [0.15, 0.2) is 11.0 Å². The first-order valence-corrected chi connectivity index (χ1v) is 14.6. The van der Waals surface area contributed by atoms with E-state index < -0.39 is 36.0 Å². The molecule has 12 nitrogen and oxygen atoms in total. The Hall–Kier alpha value is -3.42. The van der Waals surface area contributed by atoms with E-state index in [0.29, 0.717) is 22.9 Å². The number of aliphatic imine (C=N–C) groups is 1. The van der Waals surface area contributed by atoms with E-state index in [1.807, 2.05) is 13.8 Å². The van der Waals surface area contributed by atoms with Crippen molar-refractivity contribution in [2.45, 2.75) is 64.7 Å². The first-order valence-electron chi connectivity index (χ1n) is 13.0. The second-order valence-electron chi connectivity index (χ2n) is 9.70. The number of urea groups is 1. The van der Waals surface area contributed by atoms with Crippen LogP contribution in [0.1, 0.15) is 55.4 Å². The summed E-state index contributed by atoms with van der Waals surface area (Å²) in [5, 5.41) is 13.4. The van der Waals surface area contributed by atoms with Crippen LogP contribution >= 0.6 is 34.5 Å². The summed E-state index contributed by atoms with van der Waals surface area (Å²) in [5.41, 5.74) is 11.4. The number of amides is 4. The number of nitrogens with two attached hydrogens (primary N) is 2. The molecule has 0 spiro atoms. The molecule has 0 aliphatic heterocycles. The van der Waals surface area contributed by atoms with E-state index in [2.05, 4.69) is 31.2 Å². The Morgan fingerprint density at radius 1 is 1.00 bits per heavy atom. The predicted octanol–water partition coefficient (Wildman–Crippen LogP) is 2.59. The zero-order chi connectivity index (χ0) is 30.5. The van der Waals surface area contributed by atoms with Crippen LogP contribution in [0.4, 0.5) is 4.79 Å². The molecule has 1 heterocycles. The van der Waals surface area contributed by atoms with E-state index in [1.54, 1.807) is 23.6 Å². The van der Waals surface area contributed by atoms with Gasteiger partial charge in [0.2, 0.25) is 17.6 Å². The number of hydrogen-bond acceptors (Lipinski definition) is 7. The Labute approximate surface area is 253 Å². The third-order valence-corrected chi connectivity index (χ3v) is 7.27. The number of Topliss-reactive ketones (excluding diaryl/α,β-unsaturated/α-hetero) is 1. The van der Waals surface area contributed by atoms with Gasteiger partial charge in [-0.25, -0.2) is 9.78 Å². The Balaban J connectivity index is 2.00. The van der Waals surface area contributed by atoms with Gasteiger partial charge in [-0.3, -0.25) is 19.4 Å². The van der Waals surface area contributed by atoms with Crippen molar-refractivity contribution in [3.63, 3.8) is 0 Å². The Morgan fingerprint density at radius 2 is 1.73 bits per heavy atom. The van der Waals surface area contributed by atoms with Crippen LogP contribution in [0.3, 0.4) is 0 Å². The number of halogens is 2. The Kier molecular flexibility index (Phi) is 13.8. The normalized spacial score (nSPS) is 13.0. The summed E-state index contributed by atoms with van der Waals surface area (Å²) < 4.78 is 0. The van der Waals surface area contributed by atoms with Crippen molar-refractivity contribution >= 4 is 64.1 Å². The lowest BCUT2D eigenvalue weighted by Gasteiger charge is -2.24. The van der Waals surface area contributed by atoms with E-state index in [-0.39, 0.29) is 42.2 Å². The fourth-order valence-electron chi connectivity index (χ4n) is 3.69. The number of carbonyl (C=O) groups is 4. The van der Waals surface area contributed by atoms with Crippen molar-refractivity contribution in [3.05, 3.63) is 50.4 Å². The molecular formula is C26H36Cl2N8O4S. The molecule has 0 unspecified atom stereocenters. The van der Waals surface area contributed by atoms with Gasteiger partial charge in [0.1, 0.15) is 12.1 Å². The molecule has 0 radical (unpaired) electrons. The molecule has 3 atom stereocenters. The van der Waals surface area contributed by atoms with Crippen LogP contribution in [-0.2, 0) is 16.1 Å². The predicted molar refractivity (Wildman–Crippen MR) is 161 cm³/mol. The molecule has 0 bridgehead atoms. The second-order valence-corrected chi connectivity index (χ2v) is 11.4. The van der Waals surface area contributed by atoms with Gasteiger partial charge in [-0.2, -0.15) is 0 Å². The monoisotopic (exact) mass is 626 g/mol. The molecule has 0 saturated carbocycles. The number of thiazole rings is 1. The highest BCUT2D eigenvalue weighted by Gasteiger charge is 2.29. The average Bonchev–Trinajstić information content (AvgIpc) is 3.45. The van der Waals surface area contributed by atoms with Gasteiger partial charge in [0.25, 0.3) is 0 Å². The summed E-state index contributed by atoms with van der Waals surface area (Å²) in [5.74, 6) is -1.46. The van der Waals surface area contributed by atoms with Crippen molar-refractivity contribution in [3.8, 4) is 0 Å². The Bertz CT molecular complexity index is 1220.